The first-order chi connectivity index (χ1) is 24.7. The second-order valence-corrected chi connectivity index (χ2v) is 12.4. The predicted molar refractivity (Wildman–Crippen MR) is 199 cm³/mol. The molecule has 0 aliphatic carbocycles. The van der Waals surface area contributed by atoms with E-state index in [4.69, 9.17) is 0 Å². The van der Waals surface area contributed by atoms with Gasteiger partial charge >= 0.3 is 0 Å². The zero-order chi connectivity index (χ0) is 36.7. The first-order valence-electron chi connectivity index (χ1n) is 17.6. The highest BCUT2D eigenvalue weighted by Gasteiger charge is 2.30. The van der Waals surface area contributed by atoms with Crippen LogP contribution in [-0.2, 0) is 6.61 Å². The van der Waals surface area contributed by atoms with Gasteiger partial charge in [0.05, 0.1) is 23.3 Å². The Morgan fingerprint density at radius 2 is 0.941 bits per heavy atom. The first kappa shape index (κ1) is 36.8. The summed E-state index contributed by atoms with van der Waals surface area (Å²) in [5.74, 6) is -1.62. The first-order valence-corrected chi connectivity index (χ1v) is 17.6. The molecule has 1 fully saturated rings. The molecule has 1 aliphatic rings. The molecule has 10 nitrogen and oxygen atoms in total. The molecule has 0 bridgehead atoms. The number of benzene rings is 4. The number of aliphatic hydroxyl groups is 1. The van der Waals surface area contributed by atoms with Crippen LogP contribution in [0.3, 0.4) is 0 Å². The number of anilines is 2. The van der Waals surface area contributed by atoms with E-state index in [0.29, 0.717) is 11.1 Å². The van der Waals surface area contributed by atoms with Gasteiger partial charge in [0, 0.05) is 86.5 Å². The third kappa shape index (κ3) is 7.66. The van der Waals surface area contributed by atoms with E-state index in [-0.39, 0.29) is 84.0 Å². The molecule has 2 N–H and O–H groups in total. The molecule has 1 saturated heterocycles. The van der Waals surface area contributed by atoms with Gasteiger partial charge in [-0.2, -0.15) is 0 Å². The Labute approximate surface area is 299 Å². The topological polar surface area (TPSA) is 122 Å². The number of hydrogen-bond acceptors (Lipinski definition) is 8. The average molecular weight is 691 g/mol. The van der Waals surface area contributed by atoms with Gasteiger partial charge < -0.3 is 29.8 Å². The molecule has 0 atom stereocenters. The highest BCUT2D eigenvalue weighted by molar-refractivity contribution is 6.17. The van der Waals surface area contributed by atoms with Crippen molar-refractivity contribution in [1.82, 2.24) is 9.80 Å². The Kier molecular flexibility index (Phi) is 11.9. The zero-order valence-electron chi connectivity index (χ0n) is 29.8. The molecule has 0 spiro atoms. The van der Waals surface area contributed by atoms with Crippen molar-refractivity contribution in [2.45, 2.75) is 34.3 Å². The minimum Gasteiger partial charge on any atom is -0.507 e. The van der Waals surface area contributed by atoms with Crippen LogP contribution < -0.4 is 9.80 Å². The minimum atomic E-state index is -0.454. The van der Waals surface area contributed by atoms with Crippen LogP contribution in [0.5, 0.6) is 5.75 Å². The van der Waals surface area contributed by atoms with Crippen molar-refractivity contribution in [3.05, 3.63) is 124 Å². The molecular formula is C41H46N4O6. The molecule has 0 radical (unpaired) electrons. The molecule has 51 heavy (non-hydrogen) atoms. The van der Waals surface area contributed by atoms with Gasteiger partial charge in [-0.3, -0.25) is 19.2 Å². The molecule has 4 aromatic rings. The van der Waals surface area contributed by atoms with E-state index in [0.717, 1.165) is 37.6 Å². The van der Waals surface area contributed by atoms with Crippen LogP contribution in [-0.4, -0.2) is 95.8 Å². The number of nitrogens with zero attached hydrogens (tertiary/aromatic N) is 4. The highest BCUT2D eigenvalue weighted by Crippen LogP contribution is 2.29. The number of carbonyl (C=O) groups excluding carboxylic acids is 4. The van der Waals surface area contributed by atoms with Crippen LogP contribution in [0.15, 0.2) is 84.9 Å². The van der Waals surface area contributed by atoms with Crippen molar-refractivity contribution in [2.75, 3.05) is 62.2 Å². The van der Waals surface area contributed by atoms with Gasteiger partial charge in [0.25, 0.3) is 11.8 Å². The number of carbonyl (C=O) groups is 4. The Morgan fingerprint density at radius 3 is 1.35 bits per heavy atom. The van der Waals surface area contributed by atoms with E-state index in [1.807, 2.05) is 39.8 Å². The van der Waals surface area contributed by atoms with Gasteiger partial charge in [-0.05, 0) is 75.7 Å². The van der Waals surface area contributed by atoms with Gasteiger partial charge in [0.2, 0.25) is 0 Å². The van der Waals surface area contributed by atoms with E-state index in [1.165, 1.54) is 0 Å². The molecule has 4 aromatic carbocycles. The van der Waals surface area contributed by atoms with Crippen LogP contribution in [0.2, 0.25) is 0 Å². The van der Waals surface area contributed by atoms with E-state index in [1.54, 1.807) is 82.6 Å². The fraction of sp³-hybridized carbons (Fsp3) is 0.317. The zero-order valence-corrected chi connectivity index (χ0v) is 29.8. The van der Waals surface area contributed by atoms with Crippen molar-refractivity contribution in [3.8, 4) is 5.75 Å². The largest absolute Gasteiger partial charge is 0.507 e. The van der Waals surface area contributed by atoms with Crippen LogP contribution >= 0.6 is 0 Å². The number of amides is 2. The van der Waals surface area contributed by atoms with Crippen molar-refractivity contribution in [3.63, 3.8) is 0 Å². The molecule has 1 heterocycles. The molecule has 2 amide bonds. The number of aliphatic hydroxyl groups excluding tert-OH is 1. The van der Waals surface area contributed by atoms with Crippen molar-refractivity contribution < 1.29 is 29.4 Å². The molecule has 0 aromatic heterocycles. The average Bonchev–Trinajstić information content (AvgIpc) is 3.17. The second kappa shape index (κ2) is 16.5. The van der Waals surface area contributed by atoms with Gasteiger partial charge in [-0.25, -0.2) is 0 Å². The minimum absolute atomic E-state index is 0.112. The van der Waals surface area contributed by atoms with E-state index >= 15 is 0 Å². The summed E-state index contributed by atoms with van der Waals surface area (Å²) in [6, 6.07) is 23.6. The van der Waals surface area contributed by atoms with E-state index in [2.05, 4.69) is 9.80 Å². The maximum atomic E-state index is 13.9. The summed E-state index contributed by atoms with van der Waals surface area (Å²) < 4.78 is 0. The summed E-state index contributed by atoms with van der Waals surface area (Å²) in [7, 11) is 0. The number of phenols is 1. The maximum absolute atomic E-state index is 13.9. The SMILES string of the molecule is CCN(CC)c1ccc(C(=O)c2ccccc2C(=O)N2CCN(C(=O)c3ccccc3C(=O)c3ccc(N(CC)CC)cc3CO)CC2)c(O)c1. The smallest absolute Gasteiger partial charge is 0.254 e. The monoisotopic (exact) mass is 690 g/mol. The highest BCUT2D eigenvalue weighted by atomic mass is 16.3. The second-order valence-electron chi connectivity index (χ2n) is 12.4. The van der Waals surface area contributed by atoms with Crippen LogP contribution in [0.4, 0.5) is 11.4 Å². The molecule has 10 heteroatoms. The lowest BCUT2D eigenvalue weighted by Crippen LogP contribution is -2.51. The quantitative estimate of drug-likeness (QED) is 0.173. The summed E-state index contributed by atoms with van der Waals surface area (Å²) in [4.78, 5) is 62.6. The van der Waals surface area contributed by atoms with Crippen LogP contribution in [0, 0.1) is 0 Å². The molecule has 1 aliphatic heterocycles. The van der Waals surface area contributed by atoms with E-state index < -0.39 is 5.78 Å². The molecule has 0 unspecified atom stereocenters. The van der Waals surface area contributed by atoms with Crippen molar-refractivity contribution >= 4 is 34.8 Å². The number of piperazine rings is 1. The fourth-order valence-corrected chi connectivity index (χ4v) is 6.69. The summed E-state index contributed by atoms with van der Waals surface area (Å²) in [5.41, 5.74) is 3.55. The normalized spacial score (nSPS) is 12.8. The predicted octanol–water partition coefficient (Wildman–Crippen LogP) is 5.64. The Bertz CT molecular complexity index is 1910. The molecular weight excluding hydrogens is 644 g/mol. The lowest BCUT2D eigenvalue weighted by atomic mass is 9.94. The molecule has 0 saturated carbocycles. The van der Waals surface area contributed by atoms with Gasteiger partial charge in [-0.1, -0.05) is 36.4 Å². The summed E-state index contributed by atoms with van der Waals surface area (Å²) in [5, 5.41) is 20.9. The number of hydrogen-bond donors (Lipinski definition) is 2. The summed E-state index contributed by atoms with van der Waals surface area (Å²) in [6.45, 7) is 11.8. The van der Waals surface area contributed by atoms with Crippen molar-refractivity contribution in [2.24, 2.45) is 0 Å². The number of phenolic OH excluding ortho intramolecular Hbond substituents is 1. The molecule has 266 valence electrons. The Hall–Kier alpha value is -5.48. The van der Waals surface area contributed by atoms with Crippen LogP contribution in [0.25, 0.3) is 0 Å². The Balaban J connectivity index is 1.31. The summed E-state index contributed by atoms with van der Waals surface area (Å²) >= 11 is 0. The number of rotatable bonds is 13. The fourth-order valence-electron chi connectivity index (χ4n) is 6.69. The lowest BCUT2D eigenvalue weighted by Gasteiger charge is -2.35. The van der Waals surface area contributed by atoms with Gasteiger partial charge in [0.1, 0.15) is 5.75 Å². The molecule has 5 rings (SSSR count). The van der Waals surface area contributed by atoms with Crippen molar-refractivity contribution in [1.29, 1.82) is 0 Å². The number of ketones is 2. The number of aromatic hydroxyl groups is 1. The maximum Gasteiger partial charge on any atom is 0.254 e. The Morgan fingerprint density at radius 1 is 0.549 bits per heavy atom. The summed E-state index contributed by atoms with van der Waals surface area (Å²) in [6.07, 6.45) is 0. The van der Waals surface area contributed by atoms with E-state index in [9.17, 15) is 29.4 Å². The van der Waals surface area contributed by atoms with Gasteiger partial charge in [0.15, 0.2) is 11.6 Å². The third-order valence-electron chi connectivity index (χ3n) is 9.65. The third-order valence-corrected chi connectivity index (χ3v) is 9.65. The standard InChI is InChI=1S/C41H46N4O6/c1-5-42(6-2)29-17-19-31(28(25-29)27-46)38(48)32-13-9-11-15-34(32)40(50)44-21-23-45(24-22-44)41(51)35-16-12-10-14-33(35)39(49)36-20-18-30(26-37(36)47)43(7-3)8-4/h9-20,25-26,46-47H,5-8,21-24,27H2,1-4H3. The van der Waals surface area contributed by atoms with Gasteiger partial charge in [-0.15, -0.1) is 0 Å². The van der Waals surface area contributed by atoms with Crippen LogP contribution in [0.1, 0.15) is 85.8 Å². The lowest BCUT2D eigenvalue weighted by molar-refractivity contribution is 0.0533.